The van der Waals surface area contributed by atoms with Crippen molar-refractivity contribution in [3.63, 3.8) is 0 Å². The van der Waals surface area contributed by atoms with Gasteiger partial charge in [-0.25, -0.2) is 18.4 Å². The number of methoxy groups -OCH3 is 2. The number of amides is 1. The molecule has 11 heteroatoms. The minimum absolute atomic E-state index is 0.00129. The Morgan fingerprint density at radius 2 is 1.42 bits per heavy atom. The third-order valence-electron chi connectivity index (χ3n) is 7.18. The zero-order chi connectivity index (χ0) is 30.0. The van der Waals surface area contributed by atoms with E-state index in [1.165, 1.54) is 26.4 Å². The molecule has 1 amide bonds. The number of hydrogen-bond donors (Lipinski definition) is 3. The molecular weight excluding hydrogens is 566 g/mol. The first-order valence-corrected chi connectivity index (χ1v) is 15.1. The molecule has 1 fully saturated rings. The van der Waals surface area contributed by atoms with Crippen LogP contribution in [0.5, 0.6) is 11.5 Å². The molecule has 1 heterocycles. The van der Waals surface area contributed by atoms with Gasteiger partial charge in [0.05, 0.1) is 30.1 Å². The van der Waals surface area contributed by atoms with Crippen molar-refractivity contribution in [1.82, 2.24) is 9.97 Å². The molecule has 1 saturated carbocycles. The minimum atomic E-state index is -4.13. The predicted molar refractivity (Wildman–Crippen MR) is 166 cm³/mol. The Kier molecular flexibility index (Phi) is 7.56. The van der Waals surface area contributed by atoms with Crippen molar-refractivity contribution >= 4 is 50.0 Å². The molecule has 0 bridgehead atoms. The number of carbonyl (C=O) groups excluding carboxylic acids is 1. The highest BCUT2D eigenvalue weighted by Gasteiger charge is 2.43. The Hall–Kier alpha value is -5.16. The number of nitrogens with one attached hydrogen (secondary N) is 3. The monoisotopic (exact) mass is 595 g/mol. The van der Waals surface area contributed by atoms with Crippen LogP contribution in [0.3, 0.4) is 0 Å². The Morgan fingerprint density at radius 1 is 0.767 bits per heavy atom. The van der Waals surface area contributed by atoms with Crippen LogP contribution in [0.2, 0.25) is 0 Å². The van der Waals surface area contributed by atoms with E-state index in [0.29, 0.717) is 33.9 Å². The molecule has 10 nitrogen and oxygen atoms in total. The summed E-state index contributed by atoms with van der Waals surface area (Å²) in [5.41, 5.74) is 3.14. The molecule has 6 rings (SSSR count). The Labute approximate surface area is 249 Å². The number of fused-ring (bicyclic) bond motifs is 1. The van der Waals surface area contributed by atoms with Gasteiger partial charge in [0.15, 0.2) is 11.6 Å². The Bertz CT molecular complexity index is 1890. The first-order chi connectivity index (χ1) is 20.8. The van der Waals surface area contributed by atoms with Gasteiger partial charge in [-0.05, 0) is 48.2 Å². The van der Waals surface area contributed by atoms with Crippen LogP contribution >= 0.6 is 0 Å². The van der Waals surface area contributed by atoms with Gasteiger partial charge in [0.2, 0.25) is 5.91 Å². The van der Waals surface area contributed by atoms with Crippen LogP contribution in [0, 0.1) is 5.92 Å². The van der Waals surface area contributed by atoms with Crippen molar-refractivity contribution in [1.29, 1.82) is 0 Å². The molecule has 5 aromatic rings. The number of para-hydroxylation sites is 2. The number of nitrogens with zero attached hydrogens (tertiary/aromatic N) is 2. The maximum absolute atomic E-state index is 13.6. The second-order valence-electron chi connectivity index (χ2n) is 10.1. The molecule has 0 saturated heterocycles. The zero-order valence-electron chi connectivity index (χ0n) is 23.4. The second kappa shape index (κ2) is 11.6. The quantitative estimate of drug-likeness (QED) is 0.181. The van der Waals surface area contributed by atoms with Gasteiger partial charge < -0.3 is 20.1 Å². The first-order valence-electron chi connectivity index (χ1n) is 13.6. The Morgan fingerprint density at radius 3 is 2.09 bits per heavy atom. The topological polar surface area (TPSA) is 132 Å². The molecule has 4 aromatic carbocycles. The van der Waals surface area contributed by atoms with E-state index in [4.69, 9.17) is 9.47 Å². The number of rotatable bonds is 10. The molecule has 1 aliphatic rings. The van der Waals surface area contributed by atoms with E-state index in [9.17, 15) is 13.2 Å². The van der Waals surface area contributed by atoms with Crippen molar-refractivity contribution in [2.24, 2.45) is 5.92 Å². The third kappa shape index (κ3) is 6.21. The highest BCUT2D eigenvalue weighted by Crippen LogP contribution is 2.48. The zero-order valence-corrected chi connectivity index (χ0v) is 24.3. The largest absolute Gasteiger partial charge is 0.497 e. The summed E-state index contributed by atoms with van der Waals surface area (Å²) in [4.78, 5) is 22.1. The van der Waals surface area contributed by atoms with Crippen molar-refractivity contribution in [2.75, 3.05) is 29.6 Å². The number of benzene rings is 4. The van der Waals surface area contributed by atoms with Crippen LogP contribution in [-0.2, 0) is 14.8 Å². The summed E-state index contributed by atoms with van der Waals surface area (Å²) in [6.45, 7) is 0. The maximum atomic E-state index is 13.6. The van der Waals surface area contributed by atoms with E-state index in [-0.39, 0.29) is 34.3 Å². The van der Waals surface area contributed by atoms with Crippen molar-refractivity contribution in [2.45, 2.75) is 17.2 Å². The fraction of sp³-hybridized carbons (Fsp3) is 0.156. The van der Waals surface area contributed by atoms with Gasteiger partial charge in [-0.2, -0.15) is 0 Å². The summed E-state index contributed by atoms with van der Waals surface area (Å²) in [6, 6.07) is 28.3. The standard InChI is InChI=1S/C32H29N5O5S/c1-41-23-15-22(16-24(18-23)42-2)33-30-31(36-29-14-7-6-13-28(29)35-30)37-43(39,40)25-12-8-11-21(17-25)34-32(38)27-19-26(27)20-9-4-3-5-10-20/h3-18,26-27H,19H2,1-2H3,(H,33,35)(H,34,38)(H,36,37)/t26?,27-/m1/s1. The van der Waals surface area contributed by atoms with Gasteiger partial charge in [0.1, 0.15) is 11.5 Å². The summed E-state index contributed by atoms with van der Waals surface area (Å²) in [6.07, 6.45) is 0.755. The van der Waals surface area contributed by atoms with Crippen molar-refractivity contribution < 1.29 is 22.7 Å². The van der Waals surface area contributed by atoms with E-state index >= 15 is 0 Å². The fourth-order valence-corrected chi connectivity index (χ4v) is 5.94. The van der Waals surface area contributed by atoms with Gasteiger partial charge >= 0.3 is 0 Å². The van der Waals surface area contributed by atoms with Gasteiger partial charge in [0, 0.05) is 35.5 Å². The number of hydrogen-bond acceptors (Lipinski definition) is 8. The summed E-state index contributed by atoms with van der Waals surface area (Å²) in [5, 5.41) is 6.02. The van der Waals surface area contributed by atoms with Crippen LogP contribution in [0.25, 0.3) is 11.0 Å². The normalized spacial score (nSPS) is 15.9. The lowest BCUT2D eigenvalue weighted by molar-refractivity contribution is -0.117. The molecular formula is C32H29N5O5S. The number of aromatic nitrogens is 2. The summed E-state index contributed by atoms with van der Waals surface area (Å²) in [7, 11) is -1.06. The molecule has 43 heavy (non-hydrogen) atoms. The van der Waals surface area contributed by atoms with E-state index in [1.807, 2.05) is 36.4 Å². The smallest absolute Gasteiger partial charge is 0.263 e. The molecule has 0 radical (unpaired) electrons. The van der Waals surface area contributed by atoms with Crippen LogP contribution in [0.15, 0.2) is 102 Å². The van der Waals surface area contributed by atoms with Crippen LogP contribution in [-0.4, -0.2) is 38.5 Å². The van der Waals surface area contributed by atoms with Crippen molar-refractivity contribution in [3.8, 4) is 11.5 Å². The van der Waals surface area contributed by atoms with Gasteiger partial charge in [-0.15, -0.1) is 0 Å². The SMILES string of the molecule is COc1cc(Nc2nc3ccccc3nc2NS(=O)(=O)c2cccc(NC(=O)[C@@H]3CC3c3ccccc3)c2)cc(OC)c1. The summed E-state index contributed by atoms with van der Waals surface area (Å²) < 4.78 is 40.5. The number of carbonyl (C=O) groups is 1. The lowest BCUT2D eigenvalue weighted by Gasteiger charge is -2.15. The maximum Gasteiger partial charge on any atom is 0.263 e. The average molecular weight is 596 g/mol. The van der Waals surface area contributed by atoms with E-state index < -0.39 is 10.0 Å². The molecule has 1 aliphatic carbocycles. The third-order valence-corrected chi connectivity index (χ3v) is 8.52. The number of sulfonamides is 1. The molecule has 1 aromatic heterocycles. The van der Waals surface area contributed by atoms with Gasteiger partial charge in [-0.3, -0.25) is 9.52 Å². The summed E-state index contributed by atoms with van der Waals surface area (Å²) >= 11 is 0. The lowest BCUT2D eigenvalue weighted by Crippen LogP contribution is -2.17. The minimum Gasteiger partial charge on any atom is -0.497 e. The number of anilines is 4. The van der Waals surface area contributed by atoms with E-state index in [1.54, 1.807) is 48.5 Å². The molecule has 0 aliphatic heterocycles. The van der Waals surface area contributed by atoms with Crippen molar-refractivity contribution in [3.05, 3.63) is 103 Å². The average Bonchev–Trinajstić information content (AvgIpc) is 3.83. The van der Waals surface area contributed by atoms with Gasteiger partial charge in [-0.1, -0.05) is 48.5 Å². The predicted octanol–water partition coefficient (Wildman–Crippen LogP) is 5.93. The van der Waals surface area contributed by atoms with Gasteiger partial charge in [0.25, 0.3) is 10.0 Å². The Balaban J connectivity index is 1.26. The molecule has 218 valence electrons. The first kappa shape index (κ1) is 28.0. The van der Waals surface area contributed by atoms with E-state index in [2.05, 4.69) is 25.3 Å². The number of ether oxygens (including phenoxy) is 2. The lowest BCUT2D eigenvalue weighted by atomic mass is 10.1. The molecule has 3 N–H and O–H groups in total. The highest BCUT2D eigenvalue weighted by atomic mass is 32.2. The van der Waals surface area contributed by atoms with E-state index in [0.717, 1.165) is 12.0 Å². The molecule has 2 atom stereocenters. The highest BCUT2D eigenvalue weighted by molar-refractivity contribution is 7.92. The van der Waals surface area contributed by atoms with Crippen LogP contribution in [0.4, 0.5) is 23.0 Å². The molecule has 0 spiro atoms. The fourth-order valence-electron chi connectivity index (χ4n) is 4.89. The van der Waals surface area contributed by atoms with Crippen LogP contribution in [0.1, 0.15) is 17.9 Å². The van der Waals surface area contributed by atoms with Crippen LogP contribution < -0.4 is 24.8 Å². The summed E-state index contributed by atoms with van der Waals surface area (Å²) in [5.74, 6) is 1.13. The molecule has 1 unspecified atom stereocenters. The second-order valence-corrected chi connectivity index (χ2v) is 11.8.